The molecule has 1 aromatic rings. The summed E-state index contributed by atoms with van der Waals surface area (Å²) in [6, 6.07) is 0.0953. The molecule has 0 aliphatic carbocycles. The van der Waals surface area contributed by atoms with E-state index in [0.717, 1.165) is 18.7 Å². The number of hydrogen-bond acceptors (Lipinski definition) is 4. The largest absolute Gasteiger partial charge is 0.336 e. The zero-order chi connectivity index (χ0) is 15.1. The molecule has 2 aliphatic heterocycles. The number of likely N-dealkylation sites (N-methyl/N-ethyl adjacent to an activating group) is 1. The fourth-order valence-corrected chi connectivity index (χ4v) is 3.39. The van der Waals surface area contributed by atoms with Crippen LogP contribution in [0, 0.1) is 0 Å². The van der Waals surface area contributed by atoms with Crippen LogP contribution in [0.1, 0.15) is 12.8 Å². The second kappa shape index (κ2) is 5.14. The number of carbonyl (C=O) groups is 2. The van der Waals surface area contributed by atoms with Crippen molar-refractivity contribution in [3.05, 3.63) is 12.4 Å². The normalized spacial score (nSPS) is 25.0. The summed E-state index contributed by atoms with van der Waals surface area (Å²) in [6.07, 6.45) is 4.82. The summed E-state index contributed by atoms with van der Waals surface area (Å²) in [6.45, 7) is 1.12. The minimum absolute atomic E-state index is 0.00477. The third kappa shape index (κ3) is 2.42. The van der Waals surface area contributed by atoms with E-state index in [2.05, 4.69) is 5.10 Å². The highest BCUT2D eigenvalue weighted by Gasteiger charge is 2.49. The van der Waals surface area contributed by atoms with E-state index in [-0.39, 0.29) is 23.9 Å². The van der Waals surface area contributed by atoms with Crippen molar-refractivity contribution < 1.29 is 9.59 Å². The molecule has 0 aromatic carbocycles. The standard InChI is InChI=1S/C14H21N5O2/c1-16(2)9-14(21)18-5-4-11-12(18)6-13(20)19(11)10-7-15-17(3)8-10/h7-8,11-12H,4-6,9H2,1-3H3/t11-,12-/m1/s1. The van der Waals surface area contributed by atoms with Crippen molar-refractivity contribution in [1.29, 1.82) is 0 Å². The first-order valence-corrected chi connectivity index (χ1v) is 7.22. The Kier molecular flexibility index (Phi) is 3.44. The van der Waals surface area contributed by atoms with Gasteiger partial charge >= 0.3 is 0 Å². The summed E-state index contributed by atoms with van der Waals surface area (Å²) < 4.78 is 1.69. The Morgan fingerprint density at radius 3 is 2.81 bits per heavy atom. The van der Waals surface area contributed by atoms with Crippen LogP contribution < -0.4 is 4.90 Å². The van der Waals surface area contributed by atoms with Gasteiger partial charge in [0.1, 0.15) is 0 Å². The smallest absolute Gasteiger partial charge is 0.237 e. The van der Waals surface area contributed by atoms with Crippen LogP contribution in [0.4, 0.5) is 5.69 Å². The van der Waals surface area contributed by atoms with Gasteiger partial charge in [-0.25, -0.2) is 0 Å². The summed E-state index contributed by atoms with van der Waals surface area (Å²) in [5.74, 6) is 0.189. The highest BCUT2D eigenvalue weighted by Crippen LogP contribution is 2.35. The molecule has 2 fully saturated rings. The Balaban J connectivity index is 1.79. The quantitative estimate of drug-likeness (QED) is 0.766. The van der Waals surface area contributed by atoms with E-state index in [9.17, 15) is 9.59 Å². The molecule has 3 rings (SSSR count). The molecule has 0 saturated carbocycles. The van der Waals surface area contributed by atoms with Crippen molar-refractivity contribution in [3.8, 4) is 0 Å². The molecule has 7 heteroatoms. The highest BCUT2D eigenvalue weighted by molar-refractivity contribution is 5.98. The molecule has 0 spiro atoms. The number of aromatic nitrogens is 2. The number of aryl methyl sites for hydroxylation is 1. The van der Waals surface area contributed by atoms with Crippen molar-refractivity contribution in [1.82, 2.24) is 19.6 Å². The average molecular weight is 291 g/mol. The molecule has 7 nitrogen and oxygen atoms in total. The molecule has 0 radical (unpaired) electrons. The van der Waals surface area contributed by atoms with Gasteiger partial charge in [0.05, 0.1) is 30.5 Å². The minimum Gasteiger partial charge on any atom is -0.336 e. The molecule has 0 N–H and O–H groups in total. The van der Waals surface area contributed by atoms with Crippen LogP contribution in [0.5, 0.6) is 0 Å². The summed E-state index contributed by atoms with van der Waals surface area (Å²) in [5.41, 5.74) is 0.830. The van der Waals surface area contributed by atoms with Crippen molar-refractivity contribution in [2.24, 2.45) is 7.05 Å². The molecule has 2 saturated heterocycles. The van der Waals surface area contributed by atoms with Crippen LogP contribution in [-0.2, 0) is 16.6 Å². The number of amides is 2. The van der Waals surface area contributed by atoms with Gasteiger partial charge in [-0.15, -0.1) is 0 Å². The maximum atomic E-state index is 12.3. The van der Waals surface area contributed by atoms with Crippen molar-refractivity contribution in [2.45, 2.75) is 24.9 Å². The third-order valence-electron chi connectivity index (χ3n) is 4.24. The predicted octanol–water partition coefficient (Wildman–Crippen LogP) is -0.312. The van der Waals surface area contributed by atoms with Crippen molar-refractivity contribution >= 4 is 17.5 Å². The SMILES string of the molecule is CN(C)CC(=O)N1CC[C@@H]2[C@H]1CC(=O)N2c1cnn(C)c1. The lowest BCUT2D eigenvalue weighted by molar-refractivity contribution is -0.132. The number of hydrogen-bond donors (Lipinski definition) is 0. The number of rotatable bonds is 3. The predicted molar refractivity (Wildman–Crippen MR) is 77.8 cm³/mol. The van der Waals surface area contributed by atoms with E-state index in [1.807, 2.05) is 42.0 Å². The second-order valence-electron chi connectivity index (χ2n) is 6.09. The first-order chi connectivity index (χ1) is 9.97. The molecule has 0 unspecified atom stereocenters. The van der Waals surface area contributed by atoms with Crippen LogP contribution in [0.15, 0.2) is 12.4 Å². The molecular weight excluding hydrogens is 270 g/mol. The molecule has 114 valence electrons. The number of anilines is 1. The van der Waals surface area contributed by atoms with Gasteiger partial charge in [-0.1, -0.05) is 0 Å². The second-order valence-corrected chi connectivity index (χ2v) is 6.09. The number of carbonyl (C=O) groups excluding carboxylic acids is 2. The Morgan fingerprint density at radius 1 is 1.43 bits per heavy atom. The highest BCUT2D eigenvalue weighted by atomic mass is 16.2. The first-order valence-electron chi connectivity index (χ1n) is 7.22. The number of fused-ring (bicyclic) bond motifs is 1. The van der Waals surface area contributed by atoms with E-state index in [4.69, 9.17) is 0 Å². The van der Waals surface area contributed by atoms with Crippen LogP contribution in [0.3, 0.4) is 0 Å². The van der Waals surface area contributed by atoms with Crippen molar-refractivity contribution in [3.63, 3.8) is 0 Å². The van der Waals surface area contributed by atoms with Crippen LogP contribution in [0.25, 0.3) is 0 Å². The van der Waals surface area contributed by atoms with Gasteiger partial charge in [-0.3, -0.25) is 14.3 Å². The van der Waals surface area contributed by atoms with E-state index in [0.29, 0.717) is 13.0 Å². The van der Waals surface area contributed by atoms with Gasteiger partial charge in [0, 0.05) is 26.2 Å². The zero-order valence-corrected chi connectivity index (χ0v) is 12.7. The molecule has 2 amide bonds. The third-order valence-corrected chi connectivity index (χ3v) is 4.24. The molecule has 2 atom stereocenters. The Morgan fingerprint density at radius 2 is 2.19 bits per heavy atom. The van der Waals surface area contributed by atoms with Gasteiger partial charge in [0.2, 0.25) is 11.8 Å². The zero-order valence-electron chi connectivity index (χ0n) is 12.7. The Bertz CT molecular complexity index is 567. The summed E-state index contributed by atoms with van der Waals surface area (Å²) in [7, 11) is 5.60. The number of likely N-dealkylation sites (tertiary alicyclic amines) is 1. The molecule has 3 heterocycles. The fourth-order valence-electron chi connectivity index (χ4n) is 3.39. The average Bonchev–Trinajstić information content (AvgIpc) is 3.03. The molecule has 2 aliphatic rings. The molecule has 0 bridgehead atoms. The number of nitrogens with zero attached hydrogens (tertiary/aromatic N) is 5. The summed E-state index contributed by atoms with van der Waals surface area (Å²) >= 11 is 0. The Hall–Kier alpha value is -1.89. The van der Waals surface area contributed by atoms with Gasteiger partial charge < -0.3 is 14.7 Å². The maximum Gasteiger partial charge on any atom is 0.237 e. The molecule has 1 aromatic heterocycles. The minimum atomic E-state index is 0.00477. The van der Waals surface area contributed by atoms with Crippen LogP contribution in [-0.4, -0.2) is 70.7 Å². The van der Waals surface area contributed by atoms with Gasteiger partial charge in [-0.2, -0.15) is 5.10 Å². The topological polar surface area (TPSA) is 61.7 Å². The lowest BCUT2D eigenvalue weighted by Gasteiger charge is -2.25. The Labute approximate surface area is 124 Å². The van der Waals surface area contributed by atoms with E-state index in [1.54, 1.807) is 10.9 Å². The maximum absolute atomic E-state index is 12.3. The first kappa shape index (κ1) is 14.1. The van der Waals surface area contributed by atoms with Gasteiger partial charge in [-0.05, 0) is 20.5 Å². The monoisotopic (exact) mass is 291 g/mol. The van der Waals surface area contributed by atoms with E-state index >= 15 is 0 Å². The summed E-state index contributed by atoms with van der Waals surface area (Å²) in [4.78, 5) is 30.2. The lowest BCUT2D eigenvalue weighted by atomic mass is 10.1. The fraction of sp³-hybridized carbons (Fsp3) is 0.643. The van der Waals surface area contributed by atoms with Crippen molar-refractivity contribution in [2.75, 3.05) is 32.1 Å². The van der Waals surface area contributed by atoms with E-state index < -0.39 is 0 Å². The molecular formula is C14H21N5O2. The van der Waals surface area contributed by atoms with Crippen LogP contribution in [0.2, 0.25) is 0 Å². The lowest BCUT2D eigenvalue weighted by Crippen LogP contribution is -2.43. The van der Waals surface area contributed by atoms with Gasteiger partial charge in [0.25, 0.3) is 0 Å². The summed E-state index contributed by atoms with van der Waals surface area (Å²) in [5, 5.41) is 4.14. The molecule has 21 heavy (non-hydrogen) atoms. The van der Waals surface area contributed by atoms with Gasteiger partial charge in [0.15, 0.2) is 0 Å². The van der Waals surface area contributed by atoms with Crippen LogP contribution >= 0.6 is 0 Å². The van der Waals surface area contributed by atoms with E-state index in [1.165, 1.54) is 0 Å².